The summed E-state index contributed by atoms with van der Waals surface area (Å²) in [6, 6.07) is 16.5. The molecule has 1 saturated heterocycles. The van der Waals surface area contributed by atoms with Crippen LogP contribution in [0.2, 0.25) is 0 Å². The Kier molecular flexibility index (Phi) is 9.31. The third kappa shape index (κ3) is 7.61. The summed E-state index contributed by atoms with van der Waals surface area (Å²) in [5, 5.41) is 13.1. The van der Waals surface area contributed by atoms with Crippen molar-refractivity contribution in [3.8, 4) is 16.9 Å². The van der Waals surface area contributed by atoms with E-state index in [1.54, 1.807) is 20.0 Å². The van der Waals surface area contributed by atoms with Gasteiger partial charge in [0.2, 0.25) is 0 Å². The van der Waals surface area contributed by atoms with Gasteiger partial charge in [0, 0.05) is 61.8 Å². The van der Waals surface area contributed by atoms with Gasteiger partial charge in [0.15, 0.2) is 5.60 Å². The number of amides is 3. The summed E-state index contributed by atoms with van der Waals surface area (Å²) in [5.41, 5.74) is 8.79. The molecule has 5 rings (SSSR count). The van der Waals surface area contributed by atoms with Gasteiger partial charge in [-0.1, -0.05) is 30.3 Å². The molecule has 2 heterocycles. The van der Waals surface area contributed by atoms with Gasteiger partial charge in [-0.2, -0.15) is 5.10 Å². The molecule has 224 valence electrons. The normalized spacial score (nSPS) is 17.0. The first kappa shape index (κ1) is 29.4. The third-order valence-electron chi connectivity index (χ3n) is 7.90. The van der Waals surface area contributed by atoms with E-state index in [2.05, 4.69) is 56.1 Å². The van der Waals surface area contributed by atoms with E-state index in [1.807, 2.05) is 29.3 Å². The fourth-order valence-electron chi connectivity index (χ4n) is 5.35. The van der Waals surface area contributed by atoms with Crippen LogP contribution in [-0.2, 0) is 11.3 Å². The number of nitrogens with zero attached hydrogens (tertiary/aromatic N) is 3. The van der Waals surface area contributed by atoms with E-state index in [1.165, 1.54) is 0 Å². The lowest BCUT2D eigenvalue weighted by molar-refractivity contribution is -0.134. The Morgan fingerprint density at radius 1 is 1.14 bits per heavy atom. The van der Waals surface area contributed by atoms with E-state index in [9.17, 15) is 9.59 Å². The first-order valence-corrected chi connectivity index (χ1v) is 15.0. The van der Waals surface area contributed by atoms with Crippen LogP contribution in [0.4, 0.5) is 10.5 Å². The van der Waals surface area contributed by atoms with Crippen LogP contribution in [0, 0.1) is 0 Å². The highest BCUT2D eigenvalue weighted by atomic mass is 16.5. The van der Waals surface area contributed by atoms with Gasteiger partial charge >= 0.3 is 6.03 Å². The monoisotopic (exact) mass is 573 g/mol. The maximum absolute atomic E-state index is 13.5. The van der Waals surface area contributed by atoms with Crippen molar-refractivity contribution in [2.24, 2.45) is 5.73 Å². The summed E-state index contributed by atoms with van der Waals surface area (Å²) in [5.74, 6) is 0.465. The molecule has 5 N–H and O–H groups in total. The number of hydrogen-bond acceptors (Lipinski definition) is 6. The molecule has 0 spiro atoms. The molecule has 0 radical (unpaired) electrons. The van der Waals surface area contributed by atoms with Crippen molar-refractivity contribution in [2.45, 2.75) is 70.2 Å². The molecule has 42 heavy (non-hydrogen) atoms. The molecule has 10 heteroatoms. The lowest BCUT2D eigenvalue weighted by Crippen LogP contribution is -2.52. The van der Waals surface area contributed by atoms with Crippen molar-refractivity contribution in [1.82, 2.24) is 25.7 Å². The molecule has 2 fully saturated rings. The van der Waals surface area contributed by atoms with Crippen molar-refractivity contribution < 1.29 is 14.3 Å². The van der Waals surface area contributed by atoms with Gasteiger partial charge in [-0.05, 0) is 75.8 Å². The second-order valence-electron chi connectivity index (χ2n) is 11.8. The smallest absolute Gasteiger partial charge is 0.318 e. The summed E-state index contributed by atoms with van der Waals surface area (Å²) in [6.07, 6.45) is 8.41. The lowest BCUT2D eigenvalue weighted by atomic mass is 10.0. The summed E-state index contributed by atoms with van der Waals surface area (Å²) >= 11 is 0. The number of H-pyrrole nitrogens is 1. The Morgan fingerprint density at radius 2 is 1.95 bits per heavy atom. The van der Waals surface area contributed by atoms with Crippen molar-refractivity contribution in [2.75, 3.05) is 31.1 Å². The number of carbonyl (C=O) groups is 2. The molecule has 1 aliphatic heterocycles. The number of piperidine rings is 1. The predicted molar refractivity (Wildman–Crippen MR) is 164 cm³/mol. The predicted octanol–water partition coefficient (Wildman–Crippen LogP) is 4.04. The number of anilines is 1. The number of benzene rings is 2. The van der Waals surface area contributed by atoms with Crippen molar-refractivity contribution in [3.63, 3.8) is 0 Å². The van der Waals surface area contributed by atoms with Crippen LogP contribution in [0.1, 0.15) is 51.5 Å². The number of aromatic amines is 1. The summed E-state index contributed by atoms with van der Waals surface area (Å²) in [7, 11) is 0. The van der Waals surface area contributed by atoms with Crippen LogP contribution in [0.3, 0.4) is 0 Å². The van der Waals surface area contributed by atoms with E-state index in [0.29, 0.717) is 31.4 Å². The molecule has 1 saturated carbocycles. The molecule has 1 aromatic heterocycles. The Bertz CT molecular complexity index is 1320. The molecule has 2 aliphatic rings. The minimum absolute atomic E-state index is 0.00254. The number of hydrogen-bond donors (Lipinski definition) is 4. The van der Waals surface area contributed by atoms with Crippen molar-refractivity contribution >= 4 is 17.6 Å². The standard InChI is InChI=1S/C32H43N7O3/c1-32(2,30(40)34-16-5-15-33)42-29-8-3-7-28(18-29)38-17-4-6-26(22-38)37-31(41)39(27-13-14-27)21-23-9-11-24(12-10-23)25-19-35-36-20-25/h3,7-12,18-20,26-27H,4-6,13-17,21-22,33H2,1-2H3,(H,34,40)(H,35,36)(H,37,41)/t26-/m1/s1. The fraction of sp³-hybridized carbons (Fsp3) is 0.469. The number of aromatic nitrogens is 2. The van der Waals surface area contributed by atoms with Gasteiger partial charge in [0.1, 0.15) is 5.75 Å². The summed E-state index contributed by atoms with van der Waals surface area (Å²) < 4.78 is 6.12. The number of nitrogens with two attached hydrogens (primary N) is 1. The number of nitrogens with one attached hydrogen (secondary N) is 3. The third-order valence-corrected chi connectivity index (χ3v) is 7.90. The number of rotatable bonds is 12. The number of carbonyl (C=O) groups excluding carboxylic acids is 2. The average Bonchev–Trinajstić information content (AvgIpc) is 3.68. The minimum Gasteiger partial charge on any atom is -0.478 e. The zero-order valence-corrected chi connectivity index (χ0v) is 24.6. The molecule has 2 aromatic carbocycles. The fourth-order valence-corrected chi connectivity index (χ4v) is 5.35. The van der Waals surface area contributed by atoms with E-state index < -0.39 is 5.60 Å². The minimum atomic E-state index is -1.02. The van der Waals surface area contributed by atoms with E-state index in [0.717, 1.165) is 67.6 Å². The average molecular weight is 574 g/mol. The molecular formula is C32H43N7O3. The van der Waals surface area contributed by atoms with E-state index >= 15 is 0 Å². The summed E-state index contributed by atoms with van der Waals surface area (Å²) in [6.45, 7) is 6.80. The maximum atomic E-state index is 13.5. The van der Waals surface area contributed by atoms with Crippen LogP contribution in [0.25, 0.3) is 11.1 Å². The van der Waals surface area contributed by atoms with Crippen LogP contribution >= 0.6 is 0 Å². The van der Waals surface area contributed by atoms with Gasteiger partial charge in [-0.25, -0.2) is 4.79 Å². The molecule has 10 nitrogen and oxygen atoms in total. The maximum Gasteiger partial charge on any atom is 0.318 e. The first-order valence-electron chi connectivity index (χ1n) is 15.0. The lowest BCUT2D eigenvalue weighted by Gasteiger charge is -2.36. The molecule has 1 atom stereocenters. The molecule has 1 aliphatic carbocycles. The van der Waals surface area contributed by atoms with E-state index in [4.69, 9.17) is 10.5 Å². The Labute approximate surface area is 248 Å². The molecule has 3 aromatic rings. The van der Waals surface area contributed by atoms with Gasteiger partial charge in [-0.3, -0.25) is 9.89 Å². The second-order valence-corrected chi connectivity index (χ2v) is 11.8. The van der Waals surface area contributed by atoms with Crippen LogP contribution in [0.15, 0.2) is 60.9 Å². The van der Waals surface area contributed by atoms with Crippen molar-refractivity contribution in [1.29, 1.82) is 0 Å². The second kappa shape index (κ2) is 13.3. The number of ether oxygens (including phenoxy) is 1. The quantitative estimate of drug-likeness (QED) is 0.242. The van der Waals surface area contributed by atoms with Gasteiger partial charge in [-0.15, -0.1) is 0 Å². The van der Waals surface area contributed by atoms with E-state index in [-0.39, 0.29) is 18.0 Å². The Hall–Kier alpha value is -4.05. The summed E-state index contributed by atoms with van der Waals surface area (Å²) in [4.78, 5) is 30.4. The molecule has 0 unspecified atom stereocenters. The molecule has 3 amide bonds. The van der Waals surface area contributed by atoms with Gasteiger partial charge < -0.3 is 30.9 Å². The van der Waals surface area contributed by atoms with Gasteiger partial charge in [0.05, 0.1) is 6.20 Å². The Balaban J connectivity index is 1.17. The Morgan fingerprint density at radius 3 is 2.67 bits per heavy atom. The zero-order valence-electron chi connectivity index (χ0n) is 24.6. The molecular weight excluding hydrogens is 530 g/mol. The SMILES string of the molecule is CC(C)(Oc1cccc(N2CCC[C@@H](NC(=O)N(Cc3ccc(-c4cn[nH]c4)cc3)C3CC3)C2)c1)C(=O)NCCCN. The van der Waals surface area contributed by atoms with Crippen LogP contribution in [0.5, 0.6) is 5.75 Å². The highest BCUT2D eigenvalue weighted by molar-refractivity contribution is 5.84. The van der Waals surface area contributed by atoms with Gasteiger partial charge in [0.25, 0.3) is 5.91 Å². The number of urea groups is 1. The topological polar surface area (TPSA) is 129 Å². The highest BCUT2D eigenvalue weighted by Gasteiger charge is 2.34. The van der Waals surface area contributed by atoms with Crippen LogP contribution in [-0.4, -0.2) is 70.9 Å². The first-order chi connectivity index (χ1) is 20.3. The highest BCUT2D eigenvalue weighted by Crippen LogP contribution is 2.30. The van der Waals surface area contributed by atoms with Crippen molar-refractivity contribution in [3.05, 3.63) is 66.5 Å². The zero-order chi connectivity index (χ0) is 29.5. The molecule has 0 bridgehead atoms. The largest absolute Gasteiger partial charge is 0.478 e. The van der Waals surface area contributed by atoms with Crippen LogP contribution < -0.4 is 26.0 Å².